The number of rotatable bonds is 2. The number of aromatic nitrogens is 2. The van der Waals surface area contributed by atoms with Crippen LogP contribution in [0.3, 0.4) is 0 Å². The van der Waals surface area contributed by atoms with Crippen molar-refractivity contribution in [2.75, 3.05) is 5.73 Å². The molecule has 0 radical (unpaired) electrons. The van der Waals surface area contributed by atoms with Crippen molar-refractivity contribution in [2.24, 2.45) is 0 Å². The summed E-state index contributed by atoms with van der Waals surface area (Å²) in [4.78, 5) is 11.6. The Morgan fingerprint density at radius 1 is 1.50 bits per heavy atom. The molecule has 0 spiro atoms. The summed E-state index contributed by atoms with van der Waals surface area (Å²) in [6, 6.07) is 6.11. The van der Waals surface area contributed by atoms with Crippen molar-refractivity contribution in [3.8, 4) is 0 Å². The lowest BCUT2D eigenvalue weighted by atomic mass is 10.2. The molecule has 1 aromatic heterocycles. The minimum Gasteiger partial charge on any atom is -0.384 e. The highest BCUT2D eigenvalue weighted by atomic mass is 19.1. The van der Waals surface area contributed by atoms with Crippen LogP contribution in [-0.2, 0) is 6.54 Å². The van der Waals surface area contributed by atoms with Gasteiger partial charge in [-0.05, 0) is 24.6 Å². The van der Waals surface area contributed by atoms with Gasteiger partial charge in [-0.3, -0.25) is 9.89 Å². The second-order valence-electron chi connectivity index (χ2n) is 3.67. The van der Waals surface area contributed by atoms with Crippen molar-refractivity contribution < 1.29 is 4.39 Å². The predicted octanol–water partition coefficient (Wildman–Crippen LogP) is 1.25. The average molecular weight is 221 g/mol. The van der Waals surface area contributed by atoms with Crippen LogP contribution in [0.25, 0.3) is 0 Å². The Hall–Kier alpha value is -2.04. The Morgan fingerprint density at radius 3 is 2.81 bits per heavy atom. The lowest BCUT2D eigenvalue weighted by Crippen LogP contribution is -2.18. The average Bonchev–Trinajstić information content (AvgIpc) is 2.47. The summed E-state index contributed by atoms with van der Waals surface area (Å²) in [5, 5.41) is 2.74. The maximum atomic E-state index is 12.9. The fourth-order valence-electron chi connectivity index (χ4n) is 1.53. The third-order valence-electron chi connectivity index (χ3n) is 2.46. The molecule has 0 unspecified atom stereocenters. The quantitative estimate of drug-likeness (QED) is 0.801. The molecule has 5 heteroatoms. The standard InChI is InChI=1S/C11H12FN3O/c1-7-10(13)14-15(11(7)16)6-8-3-2-4-9(12)5-8/h2-5,14H,6,13H2,1H3. The van der Waals surface area contributed by atoms with E-state index in [1.54, 1.807) is 19.1 Å². The van der Waals surface area contributed by atoms with E-state index in [4.69, 9.17) is 5.73 Å². The van der Waals surface area contributed by atoms with Crippen LogP contribution in [0.1, 0.15) is 11.1 Å². The molecule has 0 saturated carbocycles. The molecule has 1 heterocycles. The molecule has 2 rings (SSSR count). The first-order valence-electron chi connectivity index (χ1n) is 4.87. The van der Waals surface area contributed by atoms with Crippen LogP contribution in [0.15, 0.2) is 29.1 Å². The highest BCUT2D eigenvalue weighted by molar-refractivity contribution is 5.36. The summed E-state index contributed by atoms with van der Waals surface area (Å²) in [5.41, 5.74) is 6.59. The van der Waals surface area contributed by atoms with Crippen LogP contribution >= 0.6 is 0 Å². The Bertz CT molecular complexity index is 571. The second-order valence-corrected chi connectivity index (χ2v) is 3.67. The minimum absolute atomic E-state index is 0.179. The van der Waals surface area contributed by atoms with Crippen LogP contribution in [-0.4, -0.2) is 9.78 Å². The molecule has 0 atom stereocenters. The third-order valence-corrected chi connectivity index (χ3v) is 2.46. The minimum atomic E-state index is -0.318. The summed E-state index contributed by atoms with van der Waals surface area (Å²) >= 11 is 0. The number of benzene rings is 1. The monoisotopic (exact) mass is 221 g/mol. The number of aromatic amines is 1. The Labute approximate surface area is 91.5 Å². The summed E-state index contributed by atoms with van der Waals surface area (Å²) < 4.78 is 14.3. The number of nitrogens with one attached hydrogen (secondary N) is 1. The van der Waals surface area contributed by atoms with E-state index in [0.29, 0.717) is 16.9 Å². The lowest BCUT2D eigenvalue weighted by molar-refractivity contribution is 0.616. The molecule has 16 heavy (non-hydrogen) atoms. The summed E-state index contributed by atoms with van der Waals surface area (Å²) in [6.07, 6.45) is 0. The first kappa shape index (κ1) is 10.5. The summed E-state index contributed by atoms with van der Waals surface area (Å²) in [7, 11) is 0. The number of anilines is 1. The molecule has 1 aromatic carbocycles. The van der Waals surface area contributed by atoms with Crippen LogP contribution < -0.4 is 11.3 Å². The highest BCUT2D eigenvalue weighted by Crippen LogP contribution is 2.06. The van der Waals surface area contributed by atoms with E-state index in [1.807, 2.05) is 0 Å². The summed E-state index contributed by atoms with van der Waals surface area (Å²) in [6.45, 7) is 1.94. The van der Waals surface area contributed by atoms with Gasteiger partial charge in [0.15, 0.2) is 0 Å². The number of hydrogen-bond acceptors (Lipinski definition) is 2. The van der Waals surface area contributed by atoms with Crippen LogP contribution in [0.4, 0.5) is 10.2 Å². The maximum Gasteiger partial charge on any atom is 0.271 e. The van der Waals surface area contributed by atoms with Crippen molar-refractivity contribution in [3.05, 3.63) is 51.6 Å². The number of nitrogen functional groups attached to an aromatic ring is 1. The maximum absolute atomic E-state index is 12.9. The Kier molecular flexibility index (Phi) is 2.52. The zero-order chi connectivity index (χ0) is 11.7. The van der Waals surface area contributed by atoms with Crippen LogP contribution in [0.2, 0.25) is 0 Å². The zero-order valence-corrected chi connectivity index (χ0v) is 8.83. The molecule has 84 valence electrons. The van der Waals surface area contributed by atoms with Gasteiger partial charge in [-0.2, -0.15) is 0 Å². The van der Waals surface area contributed by atoms with Gasteiger partial charge >= 0.3 is 0 Å². The largest absolute Gasteiger partial charge is 0.384 e. The van der Waals surface area contributed by atoms with Crippen molar-refractivity contribution in [3.63, 3.8) is 0 Å². The predicted molar refractivity (Wildman–Crippen MR) is 59.7 cm³/mol. The van der Waals surface area contributed by atoms with Gasteiger partial charge in [0.25, 0.3) is 5.56 Å². The molecule has 0 aliphatic rings. The van der Waals surface area contributed by atoms with Gasteiger partial charge in [-0.15, -0.1) is 0 Å². The van der Waals surface area contributed by atoms with Crippen molar-refractivity contribution in [2.45, 2.75) is 13.5 Å². The van der Waals surface area contributed by atoms with Gasteiger partial charge in [0.2, 0.25) is 0 Å². The van der Waals surface area contributed by atoms with Gasteiger partial charge < -0.3 is 5.73 Å². The number of hydrogen-bond donors (Lipinski definition) is 2. The number of H-pyrrole nitrogens is 1. The van der Waals surface area contributed by atoms with Gasteiger partial charge in [0.05, 0.1) is 12.1 Å². The van der Waals surface area contributed by atoms with E-state index in [-0.39, 0.29) is 17.9 Å². The molecule has 0 aliphatic carbocycles. The molecule has 3 N–H and O–H groups in total. The summed E-state index contributed by atoms with van der Waals surface area (Å²) in [5.74, 6) is 0.0307. The molecule has 4 nitrogen and oxygen atoms in total. The molecular formula is C11H12FN3O. The van der Waals surface area contributed by atoms with E-state index < -0.39 is 0 Å². The van der Waals surface area contributed by atoms with Crippen molar-refractivity contribution in [1.82, 2.24) is 9.78 Å². The van der Waals surface area contributed by atoms with E-state index in [2.05, 4.69) is 5.10 Å². The Balaban J connectivity index is 2.34. The fraction of sp³-hybridized carbons (Fsp3) is 0.182. The van der Waals surface area contributed by atoms with Crippen molar-refractivity contribution >= 4 is 5.82 Å². The molecule has 2 aromatic rings. The molecule has 0 amide bonds. The number of nitrogens with two attached hydrogens (primary N) is 1. The molecular weight excluding hydrogens is 209 g/mol. The smallest absolute Gasteiger partial charge is 0.271 e. The first-order valence-corrected chi connectivity index (χ1v) is 4.87. The fourth-order valence-corrected chi connectivity index (χ4v) is 1.53. The third kappa shape index (κ3) is 1.84. The van der Waals surface area contributed by atoms with Crippen LogP contribution in [0, 0.1) is 12.7 Å². The van der Waals surface area contributed by atoms with E-state index in [1.165, 1.54) is 16.8 Å². The lowest BCUT2D eigenvalue weighted by Gasteiger charge is -2.01. The van der Waals surface area contributed by atoms with E-state index in [0.717, 1.165) is 0 Å². The number of halogens is 1. The highest BCUT2D eigenvalue weighted by Gasteiger charge is 2.07. The molecule has 0 aliphatic heterocycles. The van der Waals surface area contributed by atoms with E-state index >= 15 is 0 Å². The zero-order valence-electron chi connectivity index (χ0n) is 8.83. The SMILES string of the molecule is Cc1c(N)[nH]n(Cc2cccc(F)c2)c1=O. The molecule has 0 bridgehead atoms. The topological polar surface area (TPSA) is 63.8 Å². The van der Waals surface area contributed by atoms with Gasteiger partial charge in [-0.1, -0.05) is 12.1 Å². The molecule has 0 saturated heterocycles. The molecule has 0 fully saturated rings. The normalized spacial score (nSPS) is 10.6. The number of nitrogens with zero attached hydrogens (tertiary/aromatic N) is 1. The Morgan fingerprint density at radius 2 is 2.25 bits per heavy atom. The van der Waals surface area contributed by atoms with Crippen LogP contribution in [0.5, 0.6) is 0 Å². The van der Waals surface area contributed by atoms with Crippen molar-refractivity contribution in [1.29, 1.82) is 0 Å². The van der Waals surface area contributed by atoms with Gasteiger partial charge in [0, 0.05) is 0 Å². The first-order chi connectivity index (χ1) is 7.58. The van der Waals surface area contributed by atoms with E-state index in [9.17, 15) is 9.18 Å². The van der Waals surface area contributed by atoms with Gasteiger partial charge in [0.1, 0.15) is 11.6 Å². The van der Waals surface area contributed by atoms with Gasteiger partial charge in [-0.25, -0.2) is 9.07 Å². The second kappa shape index (κ2) is 3.84.